The Kier molecular flexibility index (Phi) is 6.21. The first-order valence-corrected chi connectivity index (χ1v) is 12.9. The fourth-order valence-corrected chi connectivity index (χ4v) is 6.63. The lowest BCUT2D eigenvalue weighted by Crippen LogP contribution is -2.47. The Labute approximate surface area is 201 Å². The van der Waals surface area contributed by atoms with Crippen molar-refractivity contribution in [1.29, 1.82) is 0 Å². The second-order valence-corrected chi connectivity index (χ2v) is 12.1. The van der Waals surface area contributed by atoms with E-state index < -0.39 is 33.5 Å². The number of alkyl halides is 2. The van der Waals surface area contributed by atoms with Gasteiger partial charge in [0.25, 0.3) is 0 Å². The van der Waals surface area contributed by atoms with Crippen molar-refractivity contribution >= 4 is 26.7 Å². The molecular weight excluding hydrogens is 480 g/mol. The molecule has 3 heterocycles. The van der Waals surface area contributed by atoms with E-state index in [2.05, 4.69) is 14.8 Å². The van der Waals surface area contributed by atoms with Crippen molar-refractivity contribution in [2.45, 2.75) is 52.4 Å². The van der Waals surface area contributed by atoms with E-state index in [0.29, 0.717) is 27.9 Å². The van der Waals surface area contributed by atoms with Crippen LogP contribution >= 0.6 is 0 Å². The molecule has 1 N–H and O–H groups in total. The number of sulfone groups is 1. The third kappa shape index (κ3) is 5.20. The Hall–Kier alpha value is -2.92. The molecule has 0 amide bonds. The van der Waals surface area contributed by atoms with Crippen LogP contribution in [0.4, 0.5) is 8.78 Å². The maximum Gasteiger partial charge on any atom is 0.387 e. The van der Waals surface area contributed by atoms with Gasteiger partial charge >= 0.3 is 6.61 Å². The van der Waals surface area contributed by atoms with Gasteiger partial charge in [0.1, 0.15) is 17.0 Å². The molecule has 1 saturated heterocycles. The van der Waals surface area contributed by atoms with Crippen molar-refractivity contribution in [2.24, 2.45) is 5.41 Å². The molecule has 1 aliphatic rings. The number of pyridine rings is 1. The number of rotatable bonds is 8. The van der Waals surface area contributed by atoms with E-state index in [0.717, 1.165) is 0 Å². The van der Waals surface area contributed by atoms with Crippen molar-refractivity contribution in [3.63, 3.8) is 0 Å². The quantitative estimate of drug-likeness (QED) is 0.458. The topological polar surface area (TPSA) is 111 Å². The summed E-state index contributed by atoms with van der Waals surface area (Å²) in [6.45, 7) is 3.81. The SMILES string of the molecule is CC(n1nc(-c2cccc(OC(F)F)c2)c2ncc(C(=O)CC3(C)CS(=O)(=O)C3)cc21)C(C)(C)O. The number of Topliss-reactive ketones (excluding diaryl/α,β-unsaturated/α-hetero) is 1. The Morgan fingerprint density at radius 1 is 1.29 bits per heavy atom. The number of benzene rings is 1. The molecule has 1 unspecified atom stereocenters. The molecule has 4 rings (SSSR count). The second kappa shape index (κ2) is 8.63. The number of halogens is 2. The van der Waals surface area contributed by atoms with Gasteiger partial charge in [-0.1, -0.05) is 19.1 Å². The number of aromatic nitrogens is 3. The third-order valence-electron chi connectivity index (χ3n) is 6.31. The predicted octanol–water partition coefficient (Wildman–Crippen LogP) is 4.04. The molecule has 8 nitrogen and oxygen atoms in total. The normalized spacial score (nSPS) is 17.8. The molecule has 0 spiro atoms. The van der Waals surface area contributed by atoms with Gasteiger partial charge in [-0.05, 0) is 39.0 Å². The highest BCUT2D eigenvalue weighted by Gasteiger charge is 2.45. The number of nitrogens with zero attached hydrogens (tertiary/aromatic N) is 3. The number of hydrogen-bond donors (Lipinski definition) is 1. The fourth-order valence-electron chi connectivity index (χ4n) is 4.39. The summed E-state index contributed by atoms with van der Waals surface area (Å²) in [5, 5.41) is 15.3. The monoisotopic (exact) mass is 507 g/mol. The number of ether oxygens (including phenoxy) is 1. The largest absolute Gasteiger partial charge is 0.435 e. The average molecular weight is 508 g/mol. The first-order chi connectivity index (χ1) is 16.2. The Morgan fingerprint density at radius 3 is 2.57 bits per heavy atom. The summed E-state index contributed by atoms with van der Waals surface area (Å²) >= 11 is 0. The summed E-state index contributed by atoms with van der Waals surface area (Å²) in [5.74, 6) is -0.340. The van der Waals surface area contributed by atoms with Crippen molar-refractivity contribution in [1.82, 2.24) is 14.8 Å². The first-order valence-electron chi connectivity index (χ1n) is 11.1. The lowest BCUT2D eigenvalue weighted by Gasteiger charge is -2.37. The zero-order valence-electron chi connectivity index (χ0n) is 19.8. The summed E-state index contributed by atoms with van der Waals surface area (Å²) in [6.07, 6.45) is 1.47. The minimum Gasteiger partial charge on any atom is -0.435 e. The Bertz CT molecular complexity index is 1380. The Morgan fingerprint density at radius 2 is 1.97 bits per heavy atom. The molecule has 3 aromatic rings. The zero-order valence-corrected chi connectivity index (χ0v) is 20.6. The number of ketones is 1. The van der Waals surface area contributed by atoms with E-state index in [1.165, 1.54) is 18.3 Å². The number of carbonyl (C=O) groups is 1. The van der Waals surface area contributed by atoms with E-state index in [1.54, 1.807) is 50.6 Å². The van der Waals surface area contributed by atoms with Crippen molar-refractivity contribution in [3.05, 3.63) is 42.1 Å². The predicted molar refractivity (Wildman–Crippen MR) is 126 cm³/mol. The van der Waals surface area contributed by atoms with E-state index in [1.807, 2.05) is 0 Å². The number of fused-ring (bicyclic) bond motifs is 1. The molecule has 0 saturated carbocycles. The minimum absolute atomic E-state index is 0.0315. The smallest absolute Gasteiger partial charge is 0.387 e. The van der Waals surface area contributed by atoms with E-state index in [-0.39, 0.29) is 29.5 Å². The molecule has 0 radical (unpaired) electrons. The van der Waals surface area contributed by atoms with Gasteiger partial charge in [-0.2, -0.15) is 13.9 Å². The van der Waals surface area contributed by atoms with Crippen LogP contribution in [0.1, 0.15) is 50.5 Å². The molecule has 1 fully saturated rings. The van der Waals surface area contributed by atoms with Gasteiger partial charge in [0.2, 0.25) is 0 Å². The number of hydrogen-bond acceptors (Lipinski definition) is 7. The van der Waals surface area contributed by atoms with Crippen LogP contribution in [0.2, 0.25) is 0 Å². The summed E-state index contributed by atoms with van der Waals surface area (Å²) < 4.78 is 54.7. The highest BCUT2D eigenvalue weighted by molar-refractivity contribution is 7.92. The molecule has 2 aromatic heterocycles. The van der Waals surface area contributed by atoms with Gasteiger partial charge in [0.05, 0.1) is 28.7 Å². The van der Waals surface area contributed by atoms with Crippen LogP contribution in [0.3, 0.4) is 0 Å². The van der Waals surface area contributed by atoms with Crippen LogP contribution in [-0.2, 0) is 9.84 Å². The van der Waals surface area contributed by atoms with E-state index in [9.17, 15) is 27.1 Å². The molecular formula is C24H27F2N3O5S. The van der Waals surface area contributed by atoms with Crippen LogP contribution < -0.4 is 4.74 Å². The van der Waals surface area contributed by atoms with Gasteiger partial charge in [-0.25, -0.2) is 8.42 Å². The summed E-state index contributed by atoms with van der Waals surface area (Å²) in [6, 6.07) is 7.16. The van der Waals surface area contributed by atoms with Crippen LogP contribution in [0, 0.1) is 5.41 Å². The molecule has 1 aromatic carbocycles. The van der Waals surface area contributed by atoms with Crippen LogP contribution in [-0.4, -0.2) is 57.8 Å². The molecule has 11 heteroatoms. The van der Waals surface area contributed by atoms with Gasteiger partial charge in [0.15, 0.2) is 15.6 Å². The zero-order chi connectivity index (χ0) is 25.8. The lowest BCUT2D eigenvalue weighted by atomic mass is 9.86. The lowest BCUT2D eigenvalue weighted by molar-refractivity contribution is -0.0498. The van der Waals surface area contributed by atoms with Crippen molar-refractivity contribution in [3.8, 4) is 17.0 Å². The van der Waals surface area contributed by atoms with Gasteiger partial charge in [0, 0.05) is 29.2 Å². The van der Waals surface area contributed by atoms with Gasteiger partial charge in [-0.3, -0.25) is 14.5 Å². The van der Waals surface area contributed by atoms with E-state index in [4.69, 9.17) is 0 Å². The van der Waals surface area contributed by atoms with Crippen LogP contribution in [0.15, 0.2) is 36.5 Å². The summed E-state index contributed by atoms with van der Waals surface area (Å²) in [5.41, 5.74) is 0.275. The van der Waals surface area contributed by atoms with Gasteiger partial charge < -0.3 is 9.84 Å². The molecule has 188 valence electrons. The number of carbonyl (C=O) groups excluding carboxylic acids is 1. The standard InChI is InChI=1S/C24H27F2N3O5S/c1-14(23(2,3)31)29-18-9-16(19(30)10-24(4)12-35(32,33)13-24)11-27-21(18)20(28-29)15-6-5-7-17(8-15)34-22(25)26/h5-9,11,14,22,31H,10,12-13H2,1-4H3. The fraction of sp³-hybridized carbons (Fsp3) is 0.458. The van der Waals surface area contributed by atoms with E-state index >= 15 is 0 Å². The maximum atomic E-state index is 13.0. The van der Waals surface area contributed by atoms with Crippen LogP contribution in [0.5, 0.6) is 5.75 Å². The molecule has 0 aliphatic carbocycles. The third-order valence-corrected chi connectivity index (χ3v) is 8.59. The molecule has 35 heavy (non-hydrogen) atoms. The highest BCUT2D eigenvalue weighted by atomic mass is 32.2. The first kappa shape index (κ1) is 25.2. The summed E-state index contributed by atoms with van der Waals surface area (Å²) in [7, 11) is -3.09. The van der Waals surface area contributed by atoms with Crippen molar-refractivity contribution < 1.29 is 31.8 Å². The highest BCUT2D eigenvalue weighted by Crippen LogP contribution is 2.38. The Balaban J connectivity index is 1.78. The second-order valence-electron chi connectivity index (χ2n) is 10.1. The minimum atomic E-state index is -3.09. The molecule has 1 atom stereocenters. The maximum absolute atomic E-state index is 13.0. The van der Waals surface area contributed by atoms with Crippen LogP contribution in [0.25, 0.3) is 22.3 Å². The van der Waals surface area contributed by atoms with Crippen molar-refractivity contribution in [2.75, 3.05) is 11.5 Å². The number of aliphatic hydroxyl groups is 1. The molecule has 1 aliphatic heterocycles. The van der Waals surface area contributed by atoms with Gasteiger partial charge in [-0.15, -0.1) is 0 Å². The molecule has 0 bridgehead atoms. The summed E-state index contributed by atoms with van der Waals surface area (Å²) in [4.78, 5) is 17.5. The average Bonchev–Trinajstić information content (AvgIpc) is 3.09.